The van der Waals surface area contributed by atoms with Crippen LogP contribution in [0.5, 0.6) is 0 Å². The molecule has 1 aromatic heterocycles. The van der Waals surface area contributed by atoms with Crippen LogP contribution in [0.15, 0.2) is 23.6 Å². The number of nitrogens with zero attached hydrogens (tertiary/aromatic N) is 2. The lowest BCUT2D eigenvalue weighted by Crippen LogP contribution is -2.49. The van der Waals surface area contributed by atoms with Gasteiger partial charge in [-0.3, -0.25) is 9.69 Å². The number of aryl methyl sites for hydroxylation is 1. The molecule has 1 fully saturated rings. The molecule has 9 heteroatoms. The lowest BCUT2D eigenvalue weighted by atomic mass is 9.97. The average molecular weight is 397 g/mol. The van der Waals surface area contributed by atoms with Crippen molar-refractivity contribution in [1.82, 2.24) is 15.2 Å². The summed E-state index contributed by atoms with van der Waals surface area (Å²) in [6, 6.07) is 3.89. The standard InChI is InChI=1S/C17H20FN3O3S2/c1-11-7-12(18)3-4-14(11)16-17(22)19-5-6-21(16)8-13-9-25-15(20-13)10-26(2,23)24/h3-4,7,9,16H,5-6,8,10H2,1-2H3,(H,19,22). The van der Waals surface area contributed by atoms with Gasteiger partial charge in [-0.25, -0.2) is 17.8 Å². The molecule has 0 saturated carbocycles. The van der Waals surface area contributed by atoms with Crippen LogP contribution >= 0.6 is 11.3 Å². The molecule has 0 spiro atoms. The van der Waals surface area contributed by atoms with E-state index in [-0.39, 0.29) is 17.5 Å². The number of nitrogens with one attached hydrogen (secondary N) is 1. The minimum absolute atomic E-state index is 0.0847. The van der Waals surface area contributed by atoms with E-state index in [1.54, 1.807) is 13.0 Å². The maximum Gasteiger partial charge on any atom is 0.242 e. The predicted molar refractivity (Wildman–Crippen MR) is 98.0 cm³/mol. The van der Waals surface area contributed by atoms with Gasteiger partial charge in [0.15, 0.2) is 9.84 Å². The van der Waals surface area contributed by atoms with Gasteiger partial charge in [0.1, 0.15) is 22.6 Å². The molecule has 1 aromatic carbocycles. The zero-order chi connectivity index (χ0) is 18.9. The third kappa shape index (κ3) is 4.46. The van der Waals surface area contributed by atoms with Crippen molar-refractivity contribution in [3.05, 3.63) is 51.2 Å². The summed E-state index contributed by atoms with van der Waals surface area (Å²) in [5, 5.41) is 5.21. The minimum Gasteiger partial charge on any atom is -0.353 e. The van der Waals surface area contributed by atoms with Crippen LogP contribution in [0.3, 0.4) is 0 Å². The lowest BCUT2D eigenvalue weighted by molar-refractivity contribution is -0.129. The largest absolute Gasteiger partial charge is 0.353 e. The van der Waals surface area contributed by atoms with Crippen LogP contribution < -0.4 is 5.32 Å². The predicted octanol–water partition coefficient (Wildman–Crippen LogP) is 1.81. The molecule has 26 heavy (non-hydrogen) atoms. The van der Waals surface area contributed by atoms with E-state index >= 15 is 0 Å². The van der Waals surface area contributed by atoms with E-state index < -0.39 is 15.9 Å². The zero-order valence-corrected chi connectivity index (χ0v) is 16.2. The first kappa shape index (κ1) is 18.9. The molecule has 6 nitrogen and oxygen atoms in total. The number of sulfone groups is 1. The molecule has 1 aliphatic rings. The van der Waals surface area contributed by atoms with E-state index in [2.05, 4.69) is 10.3 Å². The van der Waals surface area contributed by atoms with Crippen molar-refractivity contribution in [2.45, 2.75) is 25.3 Å². The molecular formula is C17H20FN3O3S2. The van der Waals surface area contributed by atoms with E-state index in [0.29, 0.717) is 30.2 Å². The molecule has 1 saturated heterocycles. The fourth-order valence-corrected chi connectivity index (χ4v) is 5.09. The highest BCUT2D eigenvalue weighted by molar-refractivity contribution is 7.90. The van der Waals surface area contributed by atoms with Crippen LogP contribution in [0.4, 0.5) is 4.39 Å². The average Bonchev–Trinajstić information content (AvgIpc) is 2.94. The second kappa shape index (κ2) is 7.42. The van der Waals surface area contributed by atoms with Crippen LogP contribution in [0, 0.1) is 12.7 Å². The quantitative estimate of drug-likeness (QED) is 0.832. The Morgan fingerprint density at radius 2 is 2.19 bits per heavy atom. The second-order valence-corrected chi connectivity index (χ2v) is 9.55. The third-order valence-electron chi connectivity index (χ3n) is 4.19. The maximum absolute atomic E-state index is 13.4. The van der Waals surface area contributed by atoms with Gasteiger partial charge in [-0.1, -0.05) is 6.07 Å². The van der Waals surface area contributed by atoms with Gasteiger partial charge in [0, 0.05) is 31.3 Å². The summed E-state index contributed by atoms with van der Waals surface area (Å²) in [5.74, 6) is -0.546. The molecule has 1 amide bonds. The van der Waals surface area contributed by atoms with Crippen LogP contribution in [0.1, 0.15) is 27.9 Å². The van der Waals surface area contributed by atoms with Gasteiger partial charge in [-0.15, -0.1) is 11.3 Å². The van der Waals surface area contributed by atoms with Crippen molar-refractivity contribution < 1.29 is 17.6 Å². The van der Waals surface area contributed by atoms with Crippen LogP contribution in [0.25, 0.3) is 0 Å². The summed E-state index contributed by atoms with van der Waals surface area (Å²) in [6.07, 6.45) is 1.18. The summed E-state index contributed by atoms with van der Waals surface area (Å²) < 4.78 is 36.3. The van der Waals surface area contributed by atoms with Gasteiger partial charge < -0.3 is 5.32 Å². The number of hydrogen-bond donors (Lipinski definition) is 1. The van der Waals surface area contributed by atoms with E-state index in [1.807, 2.05) is 10.3 Å². The summed E-state index contributed by atoms with van der Waals surface area (Å²) in [5.41, 5.74) is 2.20. The van der Waals surface area contributed by atoms with Crippen molar-refractivity contribution >= 4 is 27.1 Å². The number of carbonyl (C=O) groups is 1. The topological polar surface area (TPSA) is 79.4 Å². The number of halogens is 1. The van der Waals surface area contributed by atoms with Crippen molar-refractivity contribution in [2.75, 3.05) is 19.3 Å². The number of amides is 1. The first-order valence-corrected chi connectivity index (χ1v) is 11.1. The number of aromatic nitrogens is 1. The molecule has 0 bridgehead atoms. The Morgan fingerprint density at radius 3 is 2.88 bits per heavy atom. The molecular weight excluding hydrogens is 377 g/mol. The van der Waals surface area contributed by atoms with Crippen molar-refractivity contribution in [3.63, 3.8) is 0 Å². The molecule has 2 aromatic rings. The number of benzene rings is 1. The number of hydrogen-bond acceptors (Lipinski definition) is 6. The van der Waals surface area contributed by atoms with Gasteiger partial charge in [-0.2, -0.15) is 0 Å². The smallest absolute Gasteiger partial charge is 0.242 e. The van der Waals surface area contributed by atoms with Gasteiger partial charge in [-0.05, 0) is 30.2 Å². The molecule has 1 atom stereocenters. The Labute approximate surface area is 156 Å². The van der Waals surface area contributed by atoms with E-state index in [9.17, 15) is 17.6 Å². The Bertz CT molecular complexity index is 927. The second-order valence-electron chi connectivity index (χ2n) is 6.47. The van der Waals surface area contributed by atoms with Gasteiger partial charge in [0.25, 0.3) is 0 Å². The molecule has 1 N–H and O–H groups in total. The van der Waals surface area contributed by atoms with Gasteiger partial charge in [0.05, 0.1) is 5.69 Å². The van der Waals surface area contributed by atoms with E-state index in [1.165, 1.54) is 29.7 Å². The Hall–Kier alpha value is -1.84. The van der Waals surface area contributed by atoms with E-state index in [0.717, 1.165) is 11.3 Å². The van der Waals surface area contributed by atoms with Gasteiger partial charge >= 0.3 is 0 Å². The minimum atomic E-state index is -3.13. The van der Waals surface area contributed by atoms with Crippen LogP contribution in [-0.4, -0.2) is 43.6 Å². The van der Waals surface area contributed by atoms with Crippen molar-refractivity contribution in [3.8, 4) is 0 Å². The van der Waals surface area contributed by atoms with Crippen molar-refractivity contribution in [1.29, 1.82) is 0 Å². The number of rotatable bonds is 5. The summed E-state index contributed by atoms with van der Waals surface area (Å²) in [6.45, 7) is 3.36. The lowest BCUT2D eigenvalue weighted by Gasteiger charge is -2.35. The normalized spacial score (nSPS) is 18.7. The van der Waals surface area contributed by atoms with Crippen molar-refractivity contribution in [2.24, 2.45) is 0 Å². The first-order chi connectivity index (χ1) is 12.2. The fraction of sp³-hybridized carbons (Fsp3) is 0.412. The summed E-state index contributed by atoms with van der Waals surface area (Å²) in [4.78, 5) is 18.9. The SMILES string of the molecule is Cc1cc(F)ccc1C1C(=O)NCCN1Cc1csc(CS(C)(=O)=O)n1. The molecule has 0 radical (unpaired) electrons. The number of carbonyl (C=O) groups excluding carboxylic acids is 1. The third-order valence-corrected chi connectivity index (χ3v) is 6.07. The summed E-state index contributed by atoms with van der Waals surface area (Å²) in [7, 11) is -3.13. The first-order valence-electron chi connectivity index (χ1n) is 8.12. The molecule has 1 unspecified atom stereocenters. The number of thiazole rings is 1. The fourth-order valence-electron chi connectivity index (χ4n) is 3.09. The number of piperazine rings is 1. The molecule has 1 aliphatic heterocycles. The highest BCUT2D eigenvalue weighted by Gasteiger charge is 2.32. The van der Waals surface area contributed by atoms with E-state index in [4.69, 9.17) is 0 Å². The highest BCUT2D eigenvalue weighted by Crippen LogP contribution is 2.28. The Kier molecular flexibility index (Phi) is 5.40. The summed E-state index contributed by atoms with van der Waals surface area (Å²) >= 11 is 1.30. The van der Waals surface area contributed by atoms with Crippen LogP contribution in [0.2, 0.25) is 0 Å². The molecule has 3 rings (SSSR count). The highest BCUT2D eigenvalue weighted by atomic mass is 32.2. The van der Waals surface area contributed by atoms with Crippen LogP contribution in [-0.2, 0) is 26.9 Å². The molecule has 2 heterocycles. The monoisotopic (exact) mass is 397 g/mol. The van der Waals surface area contributed by atoms with Gasteiger partial charge in [0.2, 0.25) is 5.91 Å². The Balaban J connectivity index is 1.84. The zero-order valence-electron chi connectivity index (χ0n) is 14.5. The molecule has 0 aliphatic carbocycles. The molecule has 140 valence electrons. The maximum atomic E-state index is 13.4. The Morgan fingerprint density at radius 1 is 1.42 bits per heavy atom.